The number of aromatic hydroxyl groups is 1. The summed E-state index contributed by atoms with van der Waals surface area (Å²) in [6.45, 7) is 7.58. The molecule has 0 unspecified atom stereocenters. The Morgan fingerprint density at radius 1 is 0.537 bits per heavy atom. The van der Waals surface area contributed by atoms with Gasteiger partial charge in [-0.2, -0.15) is 50.3 Å². The fourth-order valence-electron chi connectivity index (χ4n) is 6.68. The first-order chi connectivity index (χ1) is 25.6. The molecule has 0 atom stereocenters. The van der Waals surface area contributed by atoms with E-state index in [0.29, 0.717) is 11.4 Å². The number of anilines is 10. The summed E-state index contributed by atoms with van der Waals surface area (Å²) >= 11 is 0. The second-order valence-corrected chi connectivity index (χ2v) is 12.9. The van der Waals surface area contributed by atoms with Gasteiger partial charge in [0.1, 0.15) is 5.75 Å². The topological polar surface area (TPSA) is 39.7 Å². The van der Waals surface area contributed by atoms with Gasteiger partial charge in [-0.1, -0.05) is 61.0 Å². The van der Waals surface area contributed by atoms with Crippen LogP contribution in [0.1, 0.15) is 11.1 Å². The van der Waals surface area contributed by atoms with Gasteiger partial charge >= 0.3 is 6.18 Å². The number of para-hydroxylation sites is 8. The number of rotatable bonds is 4. The summed E-state index contributed by atoms with van der Waals surface area (Å²) in [5.41, 5.74) is 8.41. The van der Waals surface area contributed by atoms with Gasteiger partial charge in [0.25, 0.3) is 0 Å². The molecular formula is C43H34F3IrN6O-5. The van der Waals surface area contributed by atoms with Gasteiger partial charge in [-0.15, -0.1) is 48.0 Å². The summed E-state index contributed by atoms with van der Waals surface area (Å²) in [7, 11) is 3.74. The van der Waals surface area contributed by atoms with Crippen molar-refractivity contribution in [1.82, 2.24) is 0 Å². The van der Waals surface area contributed by atoms with Crippen LogP contribution >= 0.6 is 0 Å². The van der Waals surface area contributed by atoms with Crippen LogP contribution in [0.15, 0.2) is 127 Å². The van der Waals surface area contributed by atoms with E-state index in [1.54, 1.807) is 29.2 Å². The van der Waals surface area contributed by atoms with Crippen molar-refractivity contribution in [2.45, 2.75) is 13.1 Å². The molecule has 54 heavy (non-hydrogen) atoms. The Morgan fingerprint density at radius 3 is 1.43 bits per heavy atom. The van der Waals surface area contributed by atoms with E-state index >= 15 is 0 Å². The maximum Gasteiger partial charge on any atom is 0.394 e. The maximum absolute atomic E-state index is 13.8. The van der Waals surface area contributed by atoms with Crippen LogP contribution in [-0.4, -0.2) is 19.2 Å². The number of phenolic OH excluding ortho intramolecular Hbond substituents is 1. The van der Waals surface area contributed by atoms with Crippen LogP contribution in [0.2, 0.25) is 0 Å². The molecule has 3 heterocycles. The summed E-state index contributed by atoms with van der Waals surface area (Å²) in [4.78, 5) is 11.3. The van der Waals surface area contributed by atoms with Gasteiger partial charge in [0.2, 0.25) is 0 Å². The number of nitrogens with zero attached hydrogens (tertiary/aromatic N) is 6. The summed E-state index contributed by atoms with van der Waals surface area (Å²) in [5.74, 6) is 0.258. The number of benzene rings is 6. The van der Waals surface area contributed by atoms with Crippen LogP contribution in [0.25, 0.3) is 0 Å². The summed E-state index contributed by atoms with van der Waals surface area (Å²) in [6.07, 6.45) is -4.48. The normalized spacial score (nSPS) is 14.3. The van der Waals surface area contributed by atoms with Crippen LogP contribution in [0.3, 0.4) is 0 Å². The molecule has 0 amide bonds. The Balaban J connectivity index is 0.000000169. The van der Waals surface area contributed by atoms with E-state index in [9.17, 15) is 18.3 Å². The Hall–Kier alpha value is -5.64. The van der Waals surface area contributed by atoms with Crippen LogP contribution in [0, 0.1) is 39.1 Å². The molecule has 0 aromatic heterocycles. The van der Waals surface area contributed by atoms with Gasteiger partial charge in [0.05, 0.1) is 5.69 Å². The Kier molecular flexibility index (Phi) is 9.96. The fraction of sp³-hybridized carbons (Fsp3) is 0.0930. The minimum atomic E-state index is -4.48. The third-order valence-electron chi connectivity index (χ3n) is 9.29. The van der Waals surface area contributed by atoms with Crippen LogP contribution < -0.4 is 29.4 Å². The van der Waals surface area contributed by atoms with Crippen molar-refractivity contribution in [2.75, 3.05) is 43.5 Å². The van der Waals surface area contributed by atoms with E-state index in [-0.39, 0.29) is 25.9 Å². The number of aryl methyl sites for hydroxylation is 1. The number of fused-ring (bicyclic) bond motifs is 3. The van der Waals surface area contributed by atoms with Crippen LogP contribution in [0.5, 0.6) is 5.75 Å². The van der Waals surface area contributed by atoms with E-state index in [1.807, 2.05) is 126 Å². The number of hydrogen-bond acceptors (Lipinski definition) is 7. The molecule has 11 heteroatoms. The molecule has 3 aliphatic heterocycles. The minimum Gasteiger partial charge on any atom is -0.506 e. The molecule has 0 saturated heterocycles. The predicted octanol–water partition coefficient (Wildman–Crippen LogP) is 10.8. The largest absolute Gasteiger partial charge is 0.506 e. The standard InChI is InChI=1S/C23H18F3N4.C20H16N2O.Ir/c1-27-14-29(21-9-5-3-7-19(21)27)17-11-16(23(24,25)26)12-18(13-17)30-15-28(2)20-8-4-6-10-22(20)30;1-15-10-12-16(13-11-15)21-14-22(18-7-3-2-6-17(18)21)19-8-4-5-9-20(19)23;/h3-12,14-15H,1-2H3;2-12,14,23H,1H3;/q-3;-2;. The molecule has 0 aliphatic carbocycles. The molecular weight excluding hydrogens is 866 g/mol. The van der Waals surface area contributed by atoms with E-state index in [0.717, 1.165) is 57.6 Å². The molecule has 7 nitrogen and oxygen atoms in total. The Morgan fingerprint density at radius 2 is 0.963 bits per heavy atom. The third-order valence-corrected chi connectivity index (χ3v) is 9.29. The van der Waals surface area contributed by atoms with Crippen molar-refractivity contribution < 1.29 is 38.4 Å². The van der Waals surface area contributed by atoms with E-state index in [4.69, 9.17) is 0 Å². The third kappa shape index (κ3) is 6.81. The zero-order valence-corrected chi connectivity index (χ0v) is 31.8. The average Bonchev–Trinajstić information content (AvgIpc) is 3.83. The molecule has 0 bridgehead atoms. The van der Waals surface area contributed by atoms with Crippen molar-refractivity contribution in [3.05, 3.63) is 171 Å². The van der Waals surface area contributed by atoms with Crippen molar-refractivity contribution >= 4 is 56.9 Å². The number of alkyl halides is 3. The molecule has 277 valence electrons. The second kappa shape index (κ2) is 14.6. The molecule has 0 saturated carbocycles. The zero-order valence-electron chi connectivity index (χ0n) is 29.5. The van der Waals surface area contributed by atoms with Gasteiger partial charge in [-0.3, -0.25) is 0 Å². The monoisotopic (exact) mass is 900 g/mol. The number of hydrogen-bond donors (Lipinski definition) is 1. The summed E-state index contributed by atoms with van der Waals surface area (Å²) in [5, 5.41) is 10.2. The maximum atomic E-state index is 13.8. The van der Waals surface area contributed by atoms with Crippen LogP contribution in [-0.2, 0) is 26.3 Å². The fourth-order valence-corrected chi connectivity index (χ4v) is 6.68. The molecule has 6 aromatic rings. The SMILES string of the molecule is CN1[CH-]N(c2[c-]c(N3[CH-]N(C)c4ccccc43)cc(C(F)(F)F)c2)c2ccccc21.Cc1c[c-]c(N2[CH-]N(c3ccccc3O)c3ccccc32)cc1.[Ir]. The number of phenols is 1. The predicted molar refractivity (Wildman–Crippen MR) is 206 cm³/mol. The molecule has 0 fully saturated rings. The quantitative estimate of drug-likeness (QED) is 0.177. The molecule has 3 aliphatic rings. The van der Waals surface area contributed by atoms with Gasteiger partial charge in [-0.05, 0) is 62.6 Å². The van der Waals surface area contributed by atoms with E-state index < -0.39 is 11.7 Å². The molecule has 0 spiro atoms. The zero-order chi connectivity index (χ0) is 36.9. The van der Waals surface area contributed by atoms with Crippen molar-refractivity contribution in [2.24, 2.45) is 0 Å². The summed E-state index contributed by atoms with van der Waals surface area (Å²) < 4.78 is 41.3. The smallest absolute Gasteiger partial charge is 0.394 e. The van der Waals surface area contributed by atoms with Gasteiger partial charge < -0.3 is 34.5 Å². The van der Waals surface area contributed by atoms with Gasteiger partial charge in [0.15, 0.2) is 0 Å². The Labute approximate surface area is 327 Å². The Bertz CT molecular complexity index is 2210. The molecule has 1 N–H and O–H groups in total. The second-order valence-electron chi connectivity index (χ2n) is 12.9. The number of halogens is 3. The van der Waals surface area contributed by atoms with Crippen LogP contribution in [0.4, 0.5) is 70.0 Å². The van der Waals surface area contributed by atoms with Gasteiger partial charge in [0, 0.05) is 54.2 Å². The van der Waals surface area contributed by atoms with Crippen molar-refractivity contribution in [3.63, 3.8) is 0 Å². The van der Waals surface area contributed by atoms with Crippen molar-refractivity contribution in [1.29, 1.82) is 0 Å². The molecule has 1 radical (unpaired) electrons. The van der Waals surface area contributed by atoms with E-state index in [2.05, 4.69) is 42.2 Å². The first-order valence-corrected chi connectivity index (χ1v) is 16.9. The average molecular weight is 900 g/mol. The molecule has 6 aromatic carbocycles. The summed E-state index contributed by atoms with van der Waals surface area (Å²) in [6, 6.07) is 45.6. The van der Waals surface area contributed by atoms with Gasteiger partial charge in [-0.25, -0.2) is 0 Å². The van der Waals surface area contributed by atoms with Crippen molar-refractivity contribution in [3.8, 4) is 5.75 Å². The first-order valence-electron chi connectivity index (χ1n) is 16.9. The minimum absolute atomic E-state index is 0. The molecule has 9 rings (SSSR count). The first kappa shape index (κ1) is 36.7. The van der Waals surface area contributed by atoms with E-state index in [1.165, 1.54) is 5.56 Å².